The van der Waals surface area contributed by atoms with E-state index in [0.717, 1.165) is 5.39 Å². The molecule has 0 aliphatic carbocycles. The van der Waals surface area contributed by atoms with Crippen molar-refractivity contribution in [1.82, 2.24) is 0 Å². The lowest BCUT2D eigenvalue weighted by Gasteiger charge is -2.07. The van der Waals surface area contributed by atoms with Gasteiger partial charge in [0.25, 0.3) is 0 Å². The fraction of sp³-hybridized carbons (Fsp3) is 0.231. The maximum Gasteiger partial charge on any atom is 0.344 e. The standard InChI is InChI=1S/C13H12O5/c1-2-16-13(15)8-18-12-6-11-9(3-4-17-11)5-10(12)7-14/h3-7H,2,8H2,1H3. The number of carbonyl (C=O) groups is 2. The Labute approximate surface area is 103 Å². The van der Waals surface area contributed by atoms with E-state index in [1.54, 1.807) is 25.1 Å². The highest BCUT2D eigenvalue weighted by Crippen LogP contribution is 2.25. The summed E-state index contributed by atoms with van der Waals surface area (Å²) in [5.41, 5.74) is 0.965. The van der Waals surface area contributed by atoms with Crippen LogP contribution in [0.2, 0.25) is 0 Å². The van der Waals surface area contributed by atoms with Gasteiger partial charge in [-0.1, -0.05) is 0 Å². The smallest absolute Gasteiger partial charge is 0.344 e. The number of hydrogen-bond acceptors (Lipinski definition) is 5. The number of hydrogen-bond donors (Lipinski definition) is 0. The molecule has 5 nitrogen and oxygen atoms in total. The van der Waals surface area contributed by atoms with Crippen molar-refractivity contribution in [3.63, 3.8) is 0 Å². The van der Waals surface area contributed by atoms with Gasteiger partial charge in [0.2, 0.25) is 0 Å². The van der Waals surface area contributed by atoms with Gasteiger partial charge in [-0.2, -0.15) is 0 Å². The minimum absolute atomic E-state index is 0.235. The predicted octanol–water partition coefficient (Wildman–Crippen LogP) is 2.19. The van der Waals surface area contributed by atoms with Gasteiger partial charge in [-0.25, -0.2) is 4.79 Å². The van der Waals surface area contributed by atoms with Crippen molar-refractivity contribution in [2.75, 3.05) is 13.2 Å². The molecule has 0 aliphatic rings. The van der Waals surface area contributed by atoms with Crippen LogP contribution >= 0.6 is 0 Å². The normalized spacial score (nSPS) is 10.3. The number of fused-ring (bicyclic) bond motifs is 1. The van der Waals surface area contributed by atoms with Crippen molar-refractivity contribution in [3.8, 4) is 5.75 Å². The monoisotopic (exact) mass is 248 g/mol. The SMILES string of the molecule is CCOC(=O)COc1cc2occc2cc1C=O. The molecule has 5 heteroatoms. The van der Waals surface area contributed by atoms with Crippen molar-refractivity contribution in [2.45, 2.75) is 6.92 Å². The summed E-state index contributed by atoms with van der Waals surface area (Å²) in [6.45, 7) is 1.77. The lowest BCUT2D eigenvalue weighted by Crippen LogP contribution is -2.15. The Kier molecular flexibility index (Phi) is 3.62. The fourth-order valence-electron chi connectivity index (χ4n) is 1.56. The van der Waals surface area contributed by atoms with Crippen LogP contribution in [0.4, 0.5) is 0 Å². The molecule has 0 fully saturated rings. The van der Waals surface area contributed by atoms with Crippen LogP contribution in [-0.2, 0) is 9.53 Å². The maximum atomic E-state index is 11.2. The third-order valence-electron chi connectivity index (χ3n) is 2.36. The Morgan fingerprint density at radius 3 is 3.00 bits per heavy atom. The number of aldehydes is 1. The summed E-state index contributed by atoms with van der Waals surface area (Å²) in [6, 6.07) is 4.97. The maximum absolute atomic E-state index is 11.2. The summed E-state index contributed by atoms with van der Waals surface area (Å²) in [5.74, 6) is -0.172. The molecule has 0 N–H and O–H groups in total. The van der Waals surface area contributed by atoms with Crippen LogP contribution in [0, 0.1) is 0 Å². The third-order valence-corrected chi connectivity index (χ3v) is 2.36. The van der Waals surface area contributed by atoms with E-state index in [1.165, 1.54) is 6.26 Å². The number of furan rings is 1. The molecule has 94 valence electrons. The number of rotatable bonds is 5. The molecule has 0 saturated heterocycles. The van der Waals surface area contributed by atoms with Gasteiger partial charge in [0.05, 0.1) is 18.4 Å². The number of ether oxygens (including phenoxy) is 2. The van der Waals surface area contributed by atoms with Crippen LogP contribution in [0.3, 0.4) is 0 Å². The third kappa shape index (κ3) is 2.51. The lowest BCUT2D eigenvalue weighted by molar-refractivity contribution is -0.145. The number of benzene rings is 1. The van der Waals surface area contributed by atoms with Gasteiger partial charge < -0.3 is 13.9 Å². The largest absolute Gasteiger partial charge is 0.481 e. The lowest BCUT2D eigenvalue weighted by atomic mass is 10.1. The van der Waals surface area contributed by atoms with E-state index in [1.807, 2.05) is 0 Å². The Hall–Kier alpha value is -2.30. The minimum atomic E-state index is -0.478. The van der Waals surface area contributed by atoms with E-state index in [4.69, 9.17) is 13.9 Å². The summed E-state index contributed by atoms with van der Waals surface area (Å²) in [6.07, 6.45) is 2.20. The van der Waals surface area contributed by atoms with Crippen LogP contribution in [0.1, 0.15) is 17.3 Å². The minimum Gasteiger partial charge on any atom is -0.481 e. The van der Waals surface area contributed by atoms with Crippen molar-refractivity contribution in [1.29, 1.82) is 0 Å². The average Bonchev–Trinajstić information content (AvgIpc) is 2.82. The highest BCUT2D eigenvalue weighted by molar-refractivity contribution is 5.89. The second kappa shape index (κ2) is 5.35. The summed E-state index contributed by atoms with van der Waals surface area (Å²) < 4.78 is 15.2. The first-order valence-electron chi connectivity index (χ1n) is 5.49. The second-order valence-electron chi connectivity index (χ2n) is 3.56. The summed E-state index contributed by atoms with van der Waals surface area (Å²) >= 11 is 0. The van der Waals surface area contributed by atoms with Gasteiger partial charge in [0, 0.05) is 11.5 Å². The first-order valence-corrected chi connectivity index (χ1v) is 5.49. The summed E-state index contributed by atoms with van der Waals surface area (Å²) in [4.78, 5) is 22.1. The van der Waals surface area contributed by atoms with Gasteiger partial charge in [-0.3, -0.25) is 4.79 Å². The highest BCUT2D eigenvalue weighted by Gasteiger charge is 2.10. The fourth-order valence-corrected chi connectivity index (χ4v) is 1.56. The first-order chi connectivity index (χ1) is 8.74. The Bertz CT molecular complexity index is 570. The van der Waals surface area contributed by atoms with E-state index in [-0.39, 0.29) is 6.61 Å². The van der Waals surface area contributed by atoms with Crippen molar-refractivity contribution < 1.29 is 23.5 Å². The quantitative estimate of drug-likeness (QED) is 0.599. The van der Waals surface area contributed by atoms with Crippen LogP contribution in [-0.4, -0.2) is 25.5 Å². The van der Waals surface area contributed by atoms with Crippen LogP contribution in [0.15, 0.2) is 28.9 Å². The van der Waals surface area contributed by atoms with Gasteiger partial charge in [0.15, 0.2) is 12.9 Å². The molecule has 2 rings (SSSR count). The Balaban J connectivity index is 2.20. The van der Waals surface area contributed by atoms with Crippen LogP contribution in [0.5, 0.6) is 5.75 Å². The van der Waals surface area contributed by atoms with Gasteiger partial charge in [-0.05, 0) is 19.1 Å². The van der Waals surface area contributed by atoms with Crippen molar-refractivity contribution >= 4 is 23.2 Å². The molecule has 0 saturated carbocycles. The van der Waals surface area contributed by atoms with E-state index in [2.05, 4.69) is 0 Å². The van der Waals surface area contributed by atoms with E-state index < -0.39 is 5.97 Å². The molecule has 18 heavy (non-hydrogen) atoms. The molecule has 0 unspecified atom stereocenters. The first kappa shape index (κ1) is 12.2. The molecule has 0 radical (unpaired) electrons. The Morgan fingerprint density at radius 2 is 2.28 bits per heavy atom. The van der Waals surface area contributed by atoms with Gasteiger partial charge in [0.1, 0.15) is 11.3 Å². The molecule has 1 aromatic carbocycles. The van der Waals surface area contributed by atoms with E-state index in [9.17, 15) is 9.59 Å². The van der Waals surface area contributed by atoms with Gasteiger partial charge in [-0.15, -0.1) is 0 Å². The molecular weight excluding hydrogens is 236 g/mol. The molecule has 0 aliphatic heterocycles. The Morgan fingerprint density at radius 1 is 1.44 bits per heavy atom. The predicted molar refractivity (Wildman–Crippen MR) is 63.7 cm³/mol. The zero-order valence-electron chi connectivity index (χ0n) is 9.84. The summed E-state index contributed by atoms with van der Waals surface area (Å²) in [5, 5.41) is 0.806. The molecule has 0 atom stereocenters. The average molecular weight is 248 g/mol. The highest BCUT2D eigenvalue weighted by atomic mass is 16.6. The van der Waals surface area contributed by atoms with Crippen LogP contribution in [0.25, 0.3) is 11.0 Å². The molecule has 0 amide bonds. The second-order valence-corrected chi connectivity index (χ2v) is 3.56. The summed E-state index contributed by atoms with van der Waals surface area (Å²) in [7, 11) is 0. The number of esters is 1. The molecule has 1 aromatic heterocycles. The van der Waals surface area contributed by atoms with Crippen LogP contribution < -0.4 is 4.74 Å². The van der Waals surface area contributed by atoms with Crippen molar-refractivity contribution in [2.24, 2.45) is 0 Å². The molecular formula is C13H12O5. The number of carbonyl (C=O) groups excluding carboxylic acids is 2. The molecule has 1 heterocycles. The van der Waals surface area contributed by atoms with E-state index >= 15 is 0 Å². The molecule has 0 bridgehead atoms. The molecule has 2 aromatic rings. The topological polar surface area (TPSA) is 65.7 Å². The van der Waals surface area contributed by atoms with Gasteiger partial charge >= 0.3 is 5.97 Å². The van der Waals surface area contributed by atoms with E-state index in [0.29, 0.717) is 29.8 Å². The van der Waals surface area contributed by atoms with Crippen molar-refractivity contribution in [3.05, 3.63) is 30.0 Å². The zero-order chi connectivity index (χ0) is 13.0. The zero-order valence-corrected chi connectivity index (χ0v) is 9.84. The molecule has 0 spiro atoms.